The molecule has 0 saturated carbocycles. The molecule has 1 atom stereocenters. The monoisotopic (exact) mass is 224 g/mol. The molecule has 15 heavy (non-hydrogen) atoms. The molecule has 0 aliphatic rings. The van der Waals surface area contributed by atoms with Crippen molar-refractivity contribution >= 4 is 17.2 Å². The van der Waals surface area contributed by atoms with Crippen LogP contribution >= 0.6 is 11.6 Å². The third kappa shape index (κ3) is 2.96. The van der Waals surface area contributed by atoms with Gasteiger partial charge in [0.25, 0.3) is 0 Å². The summed E-state index contributed by atoms with van der Waals surface area (Å²) in [4.78, 5) is 0. The molecule has 0 saturated heterocycles. The molecule has 0 N–H and O–H groups in total. The molecule has 1 heterocycles. The van der Waals surface area contributed by atoms with Crippen LogP contribution in [0.25, 0.3) is 5.57 Å². The summed E-state index contributed by atoms with van der Waals surface area (Å²) in [5.41, 5.74) is 3.18. The zero-order chi connectivity index (χ0) is 11.4. The standard InChI is InChI=1S/C12H17ClN2/c1-5-6-7-11(10(3)13)12-8-9(2)14-15(12)4/h5-8,10H,1-4H3/b6-5-,11-7+. The number of rotatable bonds is 3. The van der Waals surface area contributed by atoms with Crippen LogP contribution in [0.2, 0.25) is 0 Å². The molecule has 2 nitrogen and oxygen atoms in total. The Hall–Kier alpha value is -1.02. The van der Waals surface area contributed by atoms with Gasteiger partial charge in [0.05, 0.1) is 16.8 Å². The van der Waals surface area contributed by atoms with Crippen LogP contribution in [0.5, 0.6) is 0 Å². The molecule has 0 spiro atoms. The van der Waals surface area contributed by atoms with E-state index in [1.807, 2.05) is 56.8 Å². The van der Waals surface area contributed by atoms with Crippen molar-refractivity contribution in [2.24, 2.45) is 7.05 Å². The normalized spacial score (nSPS) is 14.9. The first kappa shape index (κ1) is 12.1. The van der Waals surface area contributed by atoms with Crippen molar-refractivity contribution < 1.29 is 0 Å². The fourth-order valence-electron chi connectivity index (χ4n) is 1.50. The lowest BCUT2D eigenvalue weighted by molar-refractivity contribution is 0.743. The summed E-state index contributed by atoms with van der Waals surface area (Å²) in [6.45, 7) is 5.94. The summed E-state index contributed by atoms with van der Waals surface area (Å²) in [5, 5.41) is 4.30. The second-order valence-electron chi connectivity index (χ2n) is 3.56. The zero-order valence-corrected chi connectivity index (χ0v) is 10.4. The van der Waals surface area contributed by atoms with Crippen LogP contribution in [0.1, 0.15) is 25.2 Å². The smallest absolute Gasteiger partial charge is 0.0656 e. The summed E-state index contributed by atoms with van der Waals surface area (Å²) in [6, 6.07) is 2.05. The molecule has 82 valence electrons. The van der Waals surface area contributed by atoms with Gasteiger partial charge in [0.2, 0.25) is 0 Å². The summed E-state index contributed by atoms with van der Waals surface area (Å²) in [5.74, 6) is 0. The van der Waals surface area contributed by atoms with Gasteiger partial charge < -0.3 is 0 Å². The highest BCUT2D eigenvalue weighted by Gasteiger charge is 2.12. The number of nitrogens with zero attached hydrogens (tertiary/aromatic N) is 2. The number of alkyl halides is 1. The molecule has 0 fully saturated rings. The van der Waals surface area contributed by atoms with Gasteiger partial charge in [-0.05, 0) is 32.4 Å². The van der Waals surface area contributed by atoms with Gasteiger partial charge in [0.15, 0.2) is 0 Å². The lowest BCUT2D eigenvalue weighted by Crippen LogP contribution is -2.03. The van der Waals surface area contributed by atoms with Crippen LogP contribution in [0.3, 0.4) is 0 Å². The Morgan fingerprint density at radius 2 is 2.27 bits per heavy atom. The molecule has 1 aromatic heterocycles. The molecule has 0 bridgehead atoms. The first-order chi connectivity index (χ1) is 7.06. The molecule has 0 amide bonds. The Bertz CT molecular complexity index is 386. The molecular formula is C12H17ClN2. The second kappa shape index (κ2) is 5.17. The average molecular weight is 225 g/mol. The fourth-order valence-corrected chi connectivity index (χ4v) is 1.69. The van der Waals surface area contributed by atoms with Crippen LogP contribution in [0.15, 0.2) is 24.3 Å². The largest absolute Gasteiger partial charge is 0.268 e. The predicted octanol–water partition coefficient (Wildman–Crippen LogP) is 3.32. The zero-order valence-electron chi connectivity index (χ0n) is 9.66. The Kier molecular flexibility index (Phi) is 4.15. The maximum atomic E-state index is 6.15. The second-order valence-corrected chi connectivity index (χ2v) is 4.21. The van der Waals surface area contributed by atoms with Crippen LogP contribution in [-0.4, -0.2) is 15.2 Å². The number of hydrogen-bond donors (Lipinski definition) is 0. The number of hydrogen-bond acceptors (Lipinski definition) is 1. The van der Waals surface area contributed by atoms with Gasteiger partial charge in [-0.25, -0.2) is 0 Å². The molecule has 0 aromatic carbocycles. The highest BCUT2D eigenvalue weighted by Crippen LogP contribution is 2.22. The van der Waals surface area contributed by atoms with Gasteiger partial charge in [-0.15, -0.1) is 11.6 Å². The van der Waals surface area contributed by atoms with E-state index in [4.69, 9.17) is 11.6 Å². The number of allylic oxidation sites excluding steroid dienone is 4. The molecule has 0 aliphatic heterocycles. The Morgan fingerprint density at radius 3 is 2.67 bits per heavy atom. The van der Waals surface area contributed by atoms with Crippen molar-refractivity contribution in [2.45, 2.75) is 26.1 Å². The molecule has 1 unspecified atom stereocenters. The topological polar surface area (TPSA) is 17.8 Å². The summed E-state index contributed by atoms with van der Waals surface area (Å²) >= 11 is 6.15. The van der Waals surface area contributed by atoms with Crippen molar-refractivity contribution in [3.8, 4) is 0 Å². The molecular weight excluding hydrogens is 208 g/mol. The van der Waals surface area contributed by atoms with Gasteiger partial charge in [-0.2, -0.15) is 5.10 Å². The molecule has 1 aromatic rings. The third-order valence-electron chi connectivity index (χ3n) is 2.19. The van der Waals surface area contributed by atoms with Gasteiger partial charge in [0.1, 0.15) is 0 Å². The molecule has 1 rings (SSSR count). The van der Waals surface area contributed by atoms with E-state index in [0.29, 0.717) is 0 Å². The average Bonchev–Trinajstić information content (AvgIpc) is 2.46. The van der Waals surface area contributed by atoms with E-state index in [2.05, 4.69) is 5.10 Å². The van der Waals surface area contributed by atoms with E-state index in [0.717, 1.165) is 17.0 Å². The minimum atomic E-state index is -0.0176. The number of aromatic nitrogens is 2. The van der Waals surface area contributed by atoms with E-state index in [1.165, 1.54) is 0 Å². The van der Waals surface area contributed by atoms with E-state index in [1.54, 1.807) is 0 Å². The van der Waals surface area contributed by atoms with Gasteiger partial charge >= 0.3 is 0 Å². The van der Waals surface area contributed by atoms with Crippen LogP contribution in [-0.2, 0) is 7.05 Å². The SMILES string of the molecule is C/C=C\C=C(\c1cc(C)nn1C)C(C)Cl. The Balaban J connectivity index is 3.15. The van der Waals surface area contributed by atoms with Crippen molar-refractivity contribution in [1.82, 2.24) is 9.78 Å². The van der Waals surface area contributed by atoms with Crippen LogP contribution in [0, 0.1) is 6.92 Å². The summed E-state index contributed by atoms with van der Waals surface area (Å²) < 4.78 is 1.86. The molecule has 3 heteroatoms. The maximum absolute atomic E-state index is 6.15. The van der Waals surface area contributed by atoms with Crippen molar-refractivity contribution in [1.29, 1.82) is 0 Å². The highest BCUT2D eigenvalue weighted by atomic mass is 35.5. The van der Waals surface area contributed by atoms with E-state index < -0.39 is 0 Å². The Morgan fingerprint density at radius 1 is 1.60 bits per heavy atom. The van der Waals surface area contributed by atoms with Gasteiger partial charge in [-0.3, -0.25) is 4.68 Å². The molecule has 0 radical (unpaired) electrons. The summed E-state index contributed by atoms with van der Waals surface area (Å²) in [6.07, 6.45) is 6.02. The first-order valence-electron chi connectivity index (χ1n) is 5.04. The van der Waals surface area contributed by atoms with Crippen molar-refractivity contribution in [3.05, 3.63) is 35.7 Å². The lowest BCUT2D eigenvalue weighted by atomic mass is 10.1. The molecule has 0 aliphatic carbocycles. The van der Waals surface area contributed by atoms with Crippen molar-refractivity contribution in [3.63, 3.8) is 0 Å². The number of aryl methyl sites for hydroxylation is 2. The van der Waals surface area contributed by atoms with Crippen LogP contribution in [0.4, 0.5) is 0 Å². The Labute approximate surface area is 96.2 Å². The van der Waals surface area contributed by atoms with Crippen LogP contribution < -0.4 is 0 Å². The first-order valence-corrected chi connectivity index (χ1v) is 5.48. The van der Waals surface area contributed by atoms with E-state index >= 15 is 0 Å². The summed E-state index contributed by atoms with van der Waals surface area (Å²) in [7, 11) is 1.94. The fraction of sp³-hybridized carbons (Fsp3) is 0.417. The van der Waals surface area contributed by atoms with Crippen molar-refractivity contribution in [2.75, 3.05) is 0 Å². The minimum Gasteiger partial charge on any atom is -0.268 e. The number of halogens is 1. The van der Waals surface area contributed by atoms with Gasteiger partial charge in [0, 0.05) is 7.05 Å². The highest BCUT2D eigenvalue weighted by molar-refractivity contribution is 6.26. The third-order valence-corrected chi connectivity index (χ3v) is 2.43. The van der Waals surface area contributed by atoms with E-state index in [9.17, 15) is 0 Å². The quantitative estimate of drug-likeness (QED) is 0.569. The predicted molar refractivity (Wildman–Crippen MR) is 66.1 cm³/mol. The lowest BCUT2D eigenvalue weighted by Gasteiger charge is -2.09. The van der Waals surface area contributed by atoms with Gasteiger partial charge in [-0.1, -0.05) is 18.2 Å². The minimum absolute atomic E-state index is 0.0176. The van der Waals surface area contributed by atoms with E-state index in [-0.39, 0.29) is 5.38 Å². The maximum Gasteiger partial charge on any atom is 0.0656 e.